The van der Waals surface area contributed by atoms with E-state index < -0.39 is 48.4 Å². The van der Waals surface area contributed by atoms with Gasteiger partial charge in [-0.3, -0.25) is 4.18 Å². The molecule has 0 aliphatic rings. The molecule has 13 heteroatoms. The third-order valence-electron chi connectivity index (χ3n) is 5.54. The van der Waals surface area contributed by atoms with Gasteiger partial charge in [0.2, 0.25) is 0 Å². The zero-order valence-corrected chi connectivity index (χ0v) is 24.1. The van der Waals surface area contributed by atoms with E-state index in [9.17, 15) is 21.6 Å². The van der Waals surface area contributed by atoms with Crippen molar-refractivity contribution in [2.45, 2.75) is 45.6 Å². The fraction of sp³-hybridized carbons (Fsp3) is 0.296. The molecule has 0 bridgehead atoms. The van der Waals surface area contributed by atoms with Crippen LogP contribution in [0.1, 0.15) is 25.7 Å². The Morgan fingerprint density at radius 3 is 1.48 bits per heavy atom. The molecule has 3 aromatic carbocycles. The molecule has 0 fully saturated rings. The summed E-state index contributed by atoms with van der Waals surface area (Å²) >= 11 is 0. The van der Waals surface area contributed by atoms with Gasteiger partial charge in [-0.2, -0.15) is 25.6 Å². The molecule has 0 atom stereocenters. The summed E-state index contributed by atoms with van der Waals surface area (Å²) in [6, 6.07) is 24.4. The van der Waals surface area contributed by atoms with Crippen molar-refractivity contribution in [3.8, 4) is 0 Å². The largest absolute Gasteiger partial charge is 0.466 e. The number of carbonyl (C=O) groups is 1. The van der Waals surface area contributed by atoms with Gasteiger partial charge in [-0.25, -0.2) is 8.42 Å². The molecule has 0 aliphatic heterocycles. The second-order valence-electron chi connectivity index (χ2n) is 8.61. The first-order valence-electron chi connectivity index (χ1n) is 12.2. The molecule has 8 nitrogen and oxygen atoms in total. The molecule has 218 valence electrons. The molecule has 0 unspecified atom stereocenters. The molecule has 40 heavy (non-hydrogen) atoms. The number of rotatable bonds is 15. The predicted octanol–water partition coefficient (Wildman–Crippen LogP) is 5.90. The van der Waals surface area contributed by atoms with Crippen LogP contribution in [0.25, 0.3) is 0 Å². The highest BCUT2D eigenvalue weighted by molar-refractivity contribution is 8.33. The molecule has 0 saturated heterocycles. The summed E-state index contributed by atoms with van der Waals surface area (Å²) in [7, 11) is -12.7. The van der Waals surface area contributed by atoms with Gasteiger partial charge in [0, 0.05) is 14.7 Å². The highest BCUT2D eigenvalue weighted by Gasteiger charge is 2.58. The third kappa shape index (κ3) is 7.88. The van der Waals surface area contributed by atoms with E-state index in [1.54, 1.807) is 91.0 Å². The number of benzene rings is 3. The van der Waals surface area contributed by atoms with E-state index in [-0.39, 0.29) is 13.0 Å². The smallest absolute Gasteiger partial charge is 0.460 e. The fourth-order valence-corrected chi connectivity index (χ4v) is 9.14. The molecule has 0 heterocycles. The minimum atomic E-state index is -5.87. The Hall–Kier alpha value is -2.84. The maximum absolute atomic E-state index is 15.2. The first-order chi connectivity index (χ1) is 18.9. The first kappa shape index (κ1) is 31.7. The van der Waals surface area contributed by atoms with Crippen LogP contribution < -0.4 is 0 Å². The summed E-state index contributed by atoms with van der Waals surface area (Å²) in [4.78, 5) is 13.3. The summed E-state index contributed by atoms with van der Waals surface area (Å²) in [6.45, 7) is -0.481. The van der Waals surface area contributed by atoms with Gasteiger partial charge in [0.1, 0.15) is 0 Å². The molecule has 0 aromatic heterocycles. The predicted molar refractivity (Wildman–Crippen MR) is 147 cm³/mol. The summed E-state index contributed by atoms with van der Waals surface area (Å²) in [5, 5.41) is -4.99. The van der Waals surface area contributed by atoms with Crippen LogP contribution in [-0.2, 0) is 37.6 Å². The van der Waals surface area contributed by atoms with E-state index in [2.05, 4.69) is 8.92 Å². The number of ether oxygens (including phenoxy) is 1. The van der Waals surface area contributed by atoms with Crippen molar-refractivity contribution in [3.05, 3.63) is 91.0 Å². The van der Waals surface area contributed by atoms with Crippen LogP contribution in [0, 0.1) is 0 Å². The molecule has 0 N–H and O–H groups in total. The molecule has 0 radical (unpaired) electrons. The molecular weight excluding hydrogens is 586 g/mol. The number of hydrogen-bond donors (Lipinski definition) is 0. The summed E-state index contributed by atoms with van der Waals surface area (Å²) < 4.78 is 93.4. The maximum atomic E-state index is 15.2. The average molecular weight is 617 g/mol. The van der Waals surface area contributed by atoms with Crippen LogP contribution >= 0.6 is 10.3 Å². The lowest BCUT2D eigenvalue weighted by Crippen LogP contribution is -2.41. The lowest BCUT2D eigenvalue weighted by molar-refractivity contribution is -0.161. The van der Waals surface area contributed by atoms with Gasteiger partial charge < -0.3 is 4.74 Å². The van der Waals surface area contributed by atoms with Crippen LogP contribution in [0.3, 0.4) is 0 Å². The highest BCUT2D eigenvalue weighted by Crippen LogP contribution is 2.70. The topological polar surface area (TPSA) is 113 Å². The molecule has 3 aromatic rings. The van der Waals surface area contributed by atoms with Gasteiger partial charge in [-0.05, 0) is 66.0 Å². The van der Waals surface area contributed by atoms with Crippen molar-refractivity contribution in [3.63, 3.8) is 0 Å². The summed E-state index contributed by atoms with van der Waals surface area (Å²) in [5.41, 5.74) is 0. The SMILES string of the molecule is CS(=O)(=O)OCCCCCCOC(=O)C(F)(F)S(=O)(=O)OS(c1ccccc1)(c1ccccc1)c1ccccc1. The Morgan fingerprint density at radius 2 is 1.07 bits per heavy atom. The van der Waals surface area contributed by atoms with Crippen LogP contribution in [0.15, 0.2) is 106 Å². The Morgan fingerprint density at radius 1 is 0.675 bits per heavy atom. The number of unbranched alkanes of at least 4 members (excludes halogenated alkanes) is 3. The number of hydrogen-bond acceptors (Lipinski definition) is 8. The molecular formula is C27H30F2O8S3. The second-order valence-corrected chi connectivity index (χ2v) is 14.7. The van der Waals surface area contributed by atoms with Crippen LogP contribution in [0.5, 0.6) is 0 Å². The first-order valence-corrected chi connectivity index (χ1v) is 17.0. The normalized spacial score (nSPS) is 13.1. The number of carbonyl (C=O) groups excluding carboxylic acids is 1. The van der Waals surface area contributed by atoms with E-state index >= 15 is 8.78 Å². The van der Waals surface area contributed by atoms with Gasteiger partial charge >= 0.3 is 21.3 Å². The fourth-order valence-electron chi connectivity index (χ4n) is 3.66. The van der Waals surface area contributed by atoms with E-state index in [0.29, 0.717) is 33.9 Å². The van der Waals surface area contributed by atoms with E-state index in [1.807, 2.05) is 0 Å². The van der Waals surface area contributed by atoms with Crippen molar-refractivity contribution >= 4 is 36.5 Å². The van der Waals surface area contributed by atoms with E-state index in [0.717, 1.165) is 6.26 Å². The quantitative estimate of drug-likeness (QED) is 0.118. The average Bonchev–Trinajstić information content (AvgIpc) is 2.93. The van der Waals surface area contributed by atoms with E-state index in [1.165, 1.54) is 0 Å². The Balaban J connectivity index is 1.82. The summed E-state index contributed by atoms with van der Waals surface area (Å²) in [5.74, 6) is -2.24. The number of esters is 1. The molecule has 0 saturated carbocycles. The minimum absolute atomic E-state index is 0.0272. The van der Waals surface area contributed by atoms with Crippen molar-refractivity contribution in [2.75, 3.05) is 19.5 Å². The maximum Gasteiger partial charge on any atom is 0.466 e. The highest BCUT2D eigenvalue weighted by atomic mass is 32.3. The van der Waals surface area contributed by atoms with Crippen LogP contribution in [0.4, 0.5) is 8.78 Å². The van der Waals surface area contributed by atoms with Crippen molar-refractivity contribution in [1.82, 2.24) is 0 Å². The standard InChI is InChI=1S/C27H30F2O8S3/c1-38(31,32)36-22-14-3-2-13-21-35-26(30)27(28,29)40(33,34)37-39(23-15-7-4-8-16-23,24-17-9-5-10-18-24)25-19-11-6-12-20-25/h4-12,15-20H,2-3,13-14,21-22H2,1H3. The van der Waals surface area contributed by atoms with Crippen molar-refractivity contribution < 1.29 is 43.0 Å². The Kier molecular flexibility index (Phi) is 10.8. The number of halogens is 2. The van der Waals surface area contributed by atoms with Crippen molar-refractivity contribution in [2.24, 2.45) is 0 Å². The Bertz CT molecular complexity index is 1350. The van der Waals surface area contributed by atoms with Gasteiger partial charge in [0.05, 0.1) is 19.5 Å². The minimum Gasteiger partial charge on any atom is -0.460 e. The Labute approximate surface area is 235 Å². The molecule has 3 rings (SSSR count). The lowest BCUT2D eigenvalue weighted by Gasteiger charge is -2.39. The molecule has 0 aliphatic carbocycles. The molecule has 0 amide bonds. The lowest BCUT2D eigenvalue weighted by atomic mass is 10.2. The van der Waals surface area contributed by atoms with Crippen molar-refractivity contribution in [1.29, 1.82) is 0 Å². The van der Waals surface area contributed by atoms with E-state index in [4.69, 9.17) is 3.63 Å². The van der Waals surface area contributed by atoms with Gasteiger partial charge in [-0.15, -0.1) is 0 Å². The van der Waals surface area contributed by atoms with Gasteiger partial charge in [-0.1, -0.05) is 61.0 Å². The van der Waals surface area contributed by atoms with Crippen LogP contribution in [0.2, 0.25) is 0 Å². The third-order valence-corrected chi connectivity index (χ3v) is 11.3. The molecule has 0 spiro atoms. The summed E-state index contributed by atoms with van der Waals surface area (Å²) in [6.07, 6.45) is 2.38. The van der Waals surface area contributed by atoms with Crippen LogP contribution in [-0.4, -0.2) is 47.5 Å². The second kappa shape index (κ2) is 13.7. The van der Waals surface area contributed by atoms with Gasteiger partial charge in [0.15, 0.2) is 0 Å². The number of alkyl halides is 2. The van der Waals surface area contributed by atoms with Gasteiger partial charge in [0.25, 0.3) is 10.1 Å². The monoisotopic (exact) mass is 616 g/mol. The zero-order chi connectivity index (χ0) is 29.3. The zero-order valence-electron chi connectivity index (χ0n) is 21.6.